The molecule has 0 aromatic heterocycles. The average Bonchev–Trinajstić information content (AvgIpc) is 2.41. The third kappa shape index (κ3) is 3.50. The summed E-state index contributed by atoms with van der Waals surface area (Å²) in [6.45, 7) is 7.12. The maximum Gasteiger partial charge on any atom is 0.312 e. The predicted molar refractivity (Wildman–Crippen MR) is 77.0 cm³/mol. The van der Waals surface area contributed by atoms with E-state index < -0.39 is 0 Å². The standard InChI is InChI=1S/C16H29NO2/c1-15(2,14(18)19-3)13-17-11-9-16(10-12-17)7-5-4-6-8-16/h4-13H2,1-3H3. The second-order valence-electron chi connectivity index (χ2n) is 7.21. The van der Waals surface area contributed by atoms with Crippen LogP contribution < -0.4 is 0 Å². The number of esters is 1. The molecule has 1 heterocycles. The zero-order chi connectivity index (χ0) is 13.9. The first-order valence-corrected chi connectivity index (χ1v) is 7.78. The number of ether oxygens (including phenoxy) is 1. The maximum absolute atomic E-state index is 11.8. The highest BCUT2D eigenvalue weighted by Gasteiger charge is 2.38. The molecular formula is C16H29NO2. The molecule has 1 spiro atoms. The van der Waals surface area contributed by atoms with Crippen molar-refractivity contribution in [3.05, 3.63) is 0 Å². The van der Waals surface area contributed by atoms with Crippen molar-refractivity contribution in [2.24, 2.45) is 10.8 Å². The molecule has 1 aliphatic carbocycles. The van der Waals surface area contributed by atoms with Crippen molar-refractivity contribution in [1.82, 2.24) is 4.90 Å². The summed E-state index contributed by atoms with van der Waals surface area (Å²) in [4.78, 5) is 14.2. The predicted octanol–water partition coefficient (Wildman–Crippen LogP) is 3.23. The topological polar surface area (TPSA) is 29.5 Å². The first-order chi connectivity index (χ1) is 8.97. The molecule has 2 aliphatic rings. The molecule has 0 aromatic rings. The minimum absolute atomic E-state index is 0.0922. The van der Waals surface area contributed by atoms with Gasteiger partial charge in [-0.1, -0.05) is 19.3 Å². The summed E-state index contributed by atoms with van der Waals surface area (Å²) < 4.78 is 4.90. The molecule has 2 fully saturated rings. The van der Waals surface area contributed by atoms with E-state index in [1.54, 1.807) is 0 Å². The minimum Gasteiger partial charge on any atom is -0.469 e. The van der Waals surface area contributed by atoms with Gasteiger partial charge in [-0.05, 0) is 58.0 Å². The van der Waals surface area contributed by atoms with Gasteiger partial charge in [0, 0.05) is 6.54 Å². The summed E-state index contributed by atoms with van der Waals surface area (Å²) in [5, 5.41) is 0. The molecule has 1 saturated carbocycles. The number of rotatable bonds is 3. The van der Waals surface area contributed by atoms with Crippen molar-refractivity contribution in [3.63, 3.8) is 0 Å². The van der Waals surface area contributed by atoms with Crippen LogP contribution in [-0.4, -0.2) is 37.6 Å². The zero-order valence-corrected chi connectivity index (χ0v) is 12.8. The van der Waals surface area contributed by atoms with Gasteiger partial charge in [0.05, 0.1) is 12.5 Å². The Kier molecular flexibility index (Phi) is 4.54. The van der Waals surface area contributed by atoms with Crippen LogP contribution in [0.15, 0.2) is 0 Å². The van der Waals surface area contributed by atoms with Gasteiger partial charge in [-0.3, -0.25) is 4.79 Å². The third-order valence-electron chi connectivity index (χ3n) is 5.19. The Labute approximate surface area is 117 Å². The summed E-state index contributed by atoms with van der Waals surface area (Å²) >= 11 is 0. The Bertz CT molecular complexity index is 309. The molecule has 0 N–H and O–H groups in total. The molecule has 2 rings (SSSR count). The number of likely N-dealkylation sites (tertiary alicyclic amines) is 1. The molecule has 110 valence electrons. The van der Waals surface area contributed by atoms with E-state index in [0.29, 0.717) is 5.41 Å². The van der Waals surface area contributed by atoms with Crippen LogP contribution in [0.1, 0.15) is 58.8 Å². The van der Waals surface area contributed by atoms with Crippen molar-refractivity contribution < 1.29 is 9.53 Å². The van der Waals surface area contributed by atoms with Crippen molar-refractivity contribution in [2.45, 2.75) is 58.8 Å². The maximum atomic E-state index is 11.8. The van der Waals surface area contributed by atoms with Gasteiger partial charge in [-0.25, -0.2) is 0 Å². The Hall–Kier alpha value is -0.570. The quantitative estimate of drug-likeness (QED) is 0.735. The summed E-state index contributed by atoms with van der Waals surface area (Å²) in [5.41, 5.74) is 0.260. The number of nitrogens with zero attached hydrogens (tertiary/aromatic N) is 1. The van der Waals surface area contributed by atoms with Gasteiger partial charge in [-0.15, -0.1) is 0 Å². The smallest absolute Gasteiger partial charge is 0.312 e. The average molecular weight is 267 g/mol. The van der Waals surface area contributed by atoms with Crippen molar-refractivity contribution in [2.75, 3.05) is 26.7 Å². The van der Waals surface area contributed by atoms with Gasteiger partial charge in [0.2, 0.25) is 0 Å². The summed E-state index contributed by atoms with van der Waals surface area (Å²) in [6.07, 6.45) is 9.79. The van der Waals surface area contributed by atoms with Gasteiger partial charge in [0.25, 0.3) is 0 Å². The molecular weight excluding hydrogens is 238 g/mol. The van der Waals surface area contributed by atoms with Crippen molar-refractivity contribution in [1.29, 1.82) is 0 Å². The molecule has 1 aliphatic heterocycles. The van der Waals surface area contributed by atoms with E-state index >= 15 is 0 Å². The lowest BCUT2D eigenvalue weighted by molar-refractivity contribution is -0.152. The summed E-state index contributed by atoms with van der Waals surface area (Å²) in [7, 11) is 1.48. The Balaban J connectivity index is 1.84. The fourth-order valence-electron chi connectivity index (χ4n) is 3.89. The van der Waals surface area contributed by atoms with Crippen LogP contribution in [0.3, 0.4) is 0 Å². The van der Waals surface area contributed by atoms with E-state index in [-0.39, 0.29) is 11.4 Å². The zero-order valence-electron chi connectivity index (χ0n) is 12.8. The molecule has 0 atom stereocenters. The van der Waals surface area contributed by atoms with E-state index in [2.05, 4.69) is 4.90 Å². The highest BCUT2D eigenvalue weighted by atomic mass is 16.5. The molecule has 3 heteroatoms. The summed E-state index contributed by atoms with van der Waals surface area (Å²) in [6, 6.07) is 0. The number of piperidine rings is 1. The van der Waals surface area contributed by atoms with Crippen LogP contribution in [-0.2, 0) is 9.53 Å². The highest BCUT2D eigenvalue weighted by molar-refractivity contribution is 5.76. The first kappa shape index (κ1) is 14.8. The van der Waals surface area contributed by atoms with Gasteiger partial charge < -0.3 is 9.64 Å². The van der Waals surface area contributed by atoms with Crippen LogP contribution in [0.25, 0.3) is 0 Å². The Morgan fingerprint density at radius 3 is 2.21 bits per heavy atom. The fourth-order valence-corrected chi connectivity index (χ4v) is 3.89. The Morgan fingerprint density at radius 1 is 1.11 bits per heavy atom. The number of methoxy groups -OCH3 is 1. The van der Waals surface area contributed by atoms with Crippen molar-refractivity contribution >= 4 is 5.97 Å². The number of carbonyl (C=O) groups excluding carboxylic acids is 1. The van der Waals surface area contributed by atoms with Gasteiger partial charge in [0.15, 0.2) is 0 Å². The Morgan fingerprint density at radius 2 is 1.68 bits per heavy atom. The number of hydrogen-bond donors (Lipinski definition) is 0. The molecule has 0 bridgehead atoms. The van der Waals surface area contributed by atoms with E-state index in [1.165, 1.54) is 52.1 Å². The van der Waals surface area contributed by atoms with Crippen LogP contribution >= 0.6 is 0 Å². The monoisotopic (exact) mass is 267 g/mol. The van der Waals surface area contributed by atoms with Gasteiger partial charge >= 0.3 is 5.97 Å². The van der Waals surface area contributed by atoms with E-state index in [0.717, 1.165) is 19.6 Å². The van der Waals surface area contributed by atoms with Gasteiger partial charge in [0.1, 0.15) is 0 Å². The van der Waals surface area contributed by atoms with Crippen molar-refractivity contribution in [3.8, 4) is 0 Å². The SMILES string of the molecule is COC(=O)C(C)(C)CN1CCC2(CCCCC2)CC1. The second kappa shape index (κ2) is 5.82. The molecule has 1 saturated heterocycles. The molecule has 0 radical (unpaired) electrons. The fraction of sp³-hybridized carbons (Fsp3) is 0.938. The molecule has 3 nitrogen and oxygen atoms in total. The lowest BCUT2D eigenvalue weighted by Gasteiger charge is -2.45. The molecule has 0 unspecified atom stereocenters. The van der Waals surface area contributed by atoms with Crippen LogP contribution in [0.2, 0.25) is 0 Å². The second-order valence-corrected chi connectivity index (χ2v) is 7.21. The molecule has 0 amide bonds. The number of carbonyl (C=O) groups is 1. The van der Waals surface area contributed by atoms with E-state index in [4.69, 9.17) is 4.74 Å². The highest BCUT2D eigenvalue weighted by Crippen LogP contribution is 2.44. The normalized spacial score (nSPS) is 24.4. The third-order valence-corrected chi connectivity index (χ3v) is 5.19. The lowest BCUT2D eigenvalue weighted by Crippen LogP contribution is -2.46. The minimum atomic E-state index is -0.383. The largest absolute Gasteiger partial charge is 0.469 e. The van der Waals surface area contributed by atoms with E-state index in [9.17, 15) is 4.79 Å². The van der Waals surface area contributed by atoms with Crippen LogP contribution in [0.5, 0.6) is 0 Å². The van der Waals surface area contributed by atoms with Crippen LogP contribution in [0.4, 0.5) is 0 Å². The van der Waals surface area contributed by atoms with Gasteiger partial charge in [-0.2, -0.15) is 0 Å². The summed E-state index contributed by atoms with van der Waals surface area (Å²) in [5.74, 6) is -0.0922. The molecule has 0 aromatic carbocycles. The van der Waals surface area contributed by atoms with Crippen LogP contribution in [0, 0.1) is 10.8 Å². The number of hydrogen-bond acceptors (Lipinski definition) is 3. The van der Waals surface area contributed by atoms with E-state index in [1.807, 2.05) is 13.8 Å². The molecule has 19 heavy (non-hydrogen) atoms. The lowest BCUT2D eigenvalue weighted by atomic mass is 9.68. The first-order valence-electron chi connectivity index (χ1n) is 7.78.